The van der Waals surface area contributed by atoms with Gasteiger partial charge in [-0.25, -0.2) is 4.79 Å². The fourth-order valence-electron chi connectivity index (χ4n) is 1.74. The van der Waals surface area contributed by atoms with Gasteiger partial charge in [0.25, 0.3) is 0 Å². The molecule has 3 nitrogen and oxygen atoms in total. The summed E-state index contributed by atoms with van der Waals surface area (Å²) < 4.78 is 0. The molecule has 19 heavy (non-hydrogen) atoms. The van der Waals surface area contributed by atoms with E-state index < -0.39 is 5.97 Å². The van der Waals surface area contributed by atoms with E-state index in [0.717, 1.165) is 6.42 Å². The number of nitrogens with one attached hydrogen (secondary N) is 1. The summed E-state index contributed by atoms with van der Waals surface area (Å²) in [4.78, 5) is 13.6. The van der Waals surface area contributed by atoms with Crippen molar-refractivity contribution in [3.63, 3.8) is 0 Å². The molecule has 0 fully saturated rings. The van der Waals surface area contributed by atoms with Crippen molar-refractivity contribution in [1.82, 2.24) is 0 Å². The monoisotopic (exact) mass is 295 g/mol. The van der Waals surface area contributed by atoms with E-state index in [9.17, 15) is 4.79 Å². The third-order valence-electron chi connectivity index (χ3n) is 2.73. The van der Waals surface area contributed by atoms with Crippen LogP contribution in [0.4, 0.5) is 5.69 Å². The zero-order valence-corrected chi connectivity index (χ0v) is 12.0. The van der Waals surface area contributed by atoms with Gasteiger partial charge in [-0.3, -0.25) is 0 Å². The first-order valence-electron chi connectivity index (χ1n) is 5.94. The van der Waals surface area contributed by atoms with Crippen molar-refractivity contribution in [3.8, 4) is 0 Å². The molecule has 0 spiro atoms. The van der Waals surface area contributed by atoms with Crippen molar-refractivity contribution in [2.75, 3.05) is 5.32 Å². The Bertz CT molecular complexity index is 595. The molecule has 0 aliphatic rings. The van der Waals surface area contributed by atoms with Crippen molar-refractivity contribution in [2.45, 2.75) is 19.9 Å². The van der Waals surface area contributed by atoms with Gasteiger partial charge in [0.15, 0.2) is 0 Å². The molecule has 2 rings (SSSR count). The van der Waals surface area contributed by atoms with Gasteiger partial charge in [-0.1, -0.05) is 18.5 Å². The molecule has 1 heterocycles. The Kier molecular flexibility index (Phi) is 4.45. The predicted octanol–water partition coefficient (Wildman–Crippen LogP) is 4.27. The summed E-state index contributed by atoms with van der Waals surface area (Å²) in [6.45, 7) is 2.72. The highest BCUT2D eigenvalue weighted by atomic mass is 35.5. The van der Waals surface area contributed by atoms with E-state index in [4.69, 9.17) is 16.7 Å². The SMILES string of the molecule is CCc1ccc(CNc2cc(Cl)ccc2C(=O)O)s1. The van der Waals surface area contributed by atoms with Gasteiger partial charge < -0.3 is 10.4 Å². The summed E-state index contributed by atoms with van der Waals surface area (Å²) >= 11 is 7.63. The van der Waals surface area contributed by atoms with E-state index in [0.29, 0.717) is 17.3 Å². The number of halogens is 1. The Morgan fingerprint density at radius 1 is 1.32 bits per heavy atom. The van der Waals surface area contributed by atoms with Crippen LogP contribution in [0.25, 0.3) is 0 Å². The molecular weight excluding hydrogens is 282 g/mol. The van der Waals surface area contributed by atoms with Crippen LogP contribution in [0.3, 0.4) is 0 Å². The Morgan fingerprint density at radius 2 is 2.05 bits per heavy atom. The van der Waals surface area contributed by atoms with Gasteiger partial charge in [0.1, 0.15) is 0 Å². The summed E-state index contributed by atoms with van der Waals surface area (Å²) in [5.41, 5.74) is 0.781. The van der Waals surface area contributed by atoms with Gasteiger partial charge in [-0.05, 0) is 36.8 Å². The number of benzene rings is 1. The number of aromatic carboxylic acids is 1. The van der Waals surface area contributed by atoms with Crippen LogP contribution in [-0.4, -0.2) is 11.1 Å². The maximum Gasteiger partial charge on any atom is 0.337 e. The fraction of sp³-hybridized carbons (Fsp3) is 0.214. The number of thiophene rings is 1. The topological polar surface area (TPSA) is 49.3 Å². The molecule has 0 saturated heterocycles. The lowest BCUT2D eigenvalue weighted by atomic mass is 10.2. The highest BCUT2D eigenvalue weighted by Crippen LogP contribution is 2.23. The minimum atomic E-state index is -0.959. The first kappa shape index (κ1) is 13.9. The molecule has 0 unspecified atom stereocenters. The van der Waals surface area contributed by atoms with Crippen LogP contribution < -0.4 is 5.32 Å². The van der Waals surface area contributed by atoms with E-state index in [2.05, 4.69) is 24.4 Å². The molecule has 0 aliphatic heterocycles. The molecule has 0 aliphatic carbocycles. The van der Waals surface area contributed by atoms with Crippen LogP contribution in [0, 0.1) is 0 Å². The summed E-state index contributed by atoms with van der Waals surface area (Å²) in [6, 6.07) is 8.88. The van der Waals surface area contributed by atoms with Crippen molar-refractivity contribution >= 4 is 34.6 Å². The Hall–Kier alpha value is -1.52. The van der Waals surface area contributed by atoms with Crippen LogP contribution in [0.15, 0.2) is 30.3 Å². The second-order valence-corrected chi connectivity index (χ2v) is 5.76. The largest absolute Gasteiger partial charge is 0.478 e. The third kappa shape index (κ3) is 3.49. The summed E-state index contributed by atoms with van der Waals surface area (Å²) in [7, 11) is 0. The summed E-state index contributed by atoms with van der Waals surface area (Å²) in [6.07, 6.45) is 1.02. The lowest BCUT2D eigenvalue weighted by molar-refractivity contribution is 0.0698. The number of hydrogen-bond donors (Lipinski definition) is 2. The van der Waals surface area contributed by atoms with Crippen LogP contribution in [0.1, 0.15) is 27.0 Å². The smallest absolute Gasteiger partial charge is 0.337 e. The van der Waals surface area contributed by atoms with Crippen molar-refractivity contribution < 1.29 is 9.90 Å². The molecule has 5 heteroatoms. The Labute approximate surface area is 120 Å². The Balaban J connectivity index is 2.14. The third-order valence-corrected chi connectivity index (χ3v) is 4.20. The molecule has 0 bridgehead atoms. The minimum Gasteiger partial charge on any atom is -0.478 e. The minimum absolute atomic E-state index is 0.233. The van der Waals surface area contributed by atoms with Crippen LogP contribution in [0.2, 0.25) is 5.02 Å². The second-order valence-electron chi connectivity index (χ2n) is 4.07. The van der Waals surface area contributed by atoms with Gasteiger partial charge in [-0.2, -0.15) is 0 Å². The highest BCUT2D eigenvalue weighted by Gasteiger charge is 2.10. The quantitative estimate of drug-likeness (QED) is 0.866. The lowest BCUT2D eigenvalue weighted by Gasteiger charge is -2.09. The number of carboxylic acids is 1. The standard InChI is InChI=1S/C14H14ClNO2S/c1-2-10-4-5-11(19-10)8-16-13-7-9(15)3-6-12(13)14(17)18/h3-7,16H,2,8H2,1H3,(H,17,18). The maximum absolute atomic E-state index is 11.1. The first-order valence-corrected chi connectivity index (χ1v) is 7.14. The zero-order chi connectivity index (χ0) is 13.8. The first-order chi connectivity index (χ1) is 9.10. The molecule has 0 radical (unpaired) electrons. The number of rotatable bonds is 5. The molecule has 1 aromatic heterocycles. The van der Waals surface area contributed by atoms with E-state index in [1.807, 2.05) is 0 Å². The van der Waals surface area contributed by atoms with Crippen molar-refractivity contribution in [2.24, 2.45) is 0 Å². The van der Waals surface area contributed by atoms with Gasteiger partial charge in [0.2, 0.25) is 0 Å². The average molecular weight is 296 g/mol. The number of carboxylic acid groups (broad SMARTS) is 1. The van der Waals surface area contributed by atoms with E-state index in [-0.39, 0.29) is 5.56 Å². The molecule has 2 aromatic rings. The molecular formula is C14H14ClNO2S. The number of aryl methyl sites for hydroxylation is 1. The average Bonchev–Trinajstić information content (AvgIpc) is 2.84. The molecule has 100 valence electrons. The van der Waals surface area contributed by atoms with E-state index >= 15 is 0 Å². The van der Waals surface area contributed by atoms with Crippen LogP contribution in [0.5, 0.6) is 0 Å². The molecule has 0 saturated carbocycles. The summed E-state index contributed by atoms with van der Waals surface area (Å²) in [5, 5.41) is 12.8. The predicted molar refractivity (Wildman–Crippen MR) is 79.4 cm³/mol. The normalized spacial score (nSPS) is 10.4. The zero-order valence-electron chi connectivity index (χ0n) is 10.4. The summed E-state index contributed by atoms with van der Waals surface area (Å²) in [5.74, 6) is -0.959. The van der Waals surface area contributed by atoms with E-state index in [1.165, 1.54) is 15.8 Å². The van der Waals surface area contributed by atoms with Gasteiger partial charge in [0, 0.05) is 21.3 Å². The second kappa shape index (κ2) is 6.08. The van der Waals surface area contributed by atoms with E-state index in [1.54, 1.807) is 23.5 Å². The van der Waals surface area contributed by atoms with Crippen molar-refractivity contribution in [3.05, 3.63) is 50.7 Å². The number of carbonyl (C=O) groups is 1. The molecule has 2 N–H and O–H groups in total. The lowest BCUT2D eigenvalue weighted by Crippen LogP contribution is -2.05. The molecule has 1 aromatic carbocycles. The maximum atomic E-state index is 11.1. The van der Waals surface area contributed by atoms with Crippen molar-refractivity contribution in [1.29, 1.82) is 0 Å². The molecule has 0 amide bonds. The van der Waals surface area contributed by atoms with Crippen LogP contribution in [-0.2, 0) is 13.0 Å². The molecule has 0 atom stereocenters. The fourth-order valence-corrected chi connectivity index (χ4v) is 2.81. The van der Waals surface area contributed by atoms with Crippen LogP contribution >= 0.6 is 22.9 Å². The van der Waals surface area contributed by atoms with Gasteiger partial charge >= 0.3 is 5.97 Å². The number of anilines is 1. The van der Waals surface area contributed by atoms with Gasteiger partial charge in [-0.15, -0.1) is 11.3 Å². The Morgan fingerprint density at radius 3 is 2.68 bits per heavy atom. The van der Waals surface area contributed by atoms with Gasteiger partial charge in [0.05, 0.1) is 11.3 Å². The number of hydrogen-bond acceptors (Lipinski definition) is 3. The highest BCUT2D eigenvalue weighted by molar-refractivity contribution is 7.12.